The fourth-order valence-corrected chi connectivity index (χ4v) is 6.20. The molecule has 1 aliphatic carbocycles. The Labute approximate surface area is 223 Å². The average molecular weight is 516 g/mol. The van der Waals surface area contributed by atoms with E-state index < -0.39 is 5.97 Å². The van der Waals surface area contributed by atoms with Crippen molar-refractivity contribution in [3.8, 4) is 0 Å². The van der Waals surface area contributed by atoms with Crippen LogP contribution in [-0.2, 0) is 12.8 Å². The number of alkyl halides is 1. The maximum Gasteiger partial charge on any atom is 0.335 e. The lowest BCUT2D eigenvalue weighted by molar-refractivity contribution is 0.0696. The van der Waals surface area contributed by atoms with Gasteiger partial charge in [-0.15, -0.1) is 0 Å². The highest BCUT2D eigenvalue weighted by Gasteiger charge is 2.27. The second-order valence-electron chi connectivity index (χ2n) is 10.8. The van der Waals surface area contributed by atoms with Crippen LogP contribution >= 0.6 is 0 Å². The smallest absolute Gasteiger partial charge is 0.335 e. The van der Waals surface area contributed by atoms with Crippen LogP contribution in [0.1, 0.15) is 68.6 Å². The van der Waals surface area contributed by atoms with Gasteiger partial charge in [-0.1, -0.05) is 36.4 Å². The number of aryl methyl sites for hydroxylation is 2. The minimum Gasteiger partial charge on any atom is -0.478 e. The van der Waals surface area contributed by atoms with Crippen molar-refractivity contribution in [2.45, 2.75) is 46.0 Å². The van der Waals surface area contributed by atoms with Gasteiger partial charge < -0.3 is 10.0 Å². The van der Waals surface area contributed by atoms with Gasteiger partial charge in [0.15, 0.2) is 0 Å². The average Bonchev–Trinajstić information content (AvgIpc) is 3.07. The monoisotopic (exact) mass is 515 g/mol. The fraction of sp³-hybridized carbons (Fsp3) is 0.364. The van der Waals surface area contributed by atoms with E-state index in [0.717, 1.165) is 84.3 Å². The second kappa shape index (κ2) is 11.2. The number of rotatable bonds is 8. The van der Waals surface area contributed by atoms with E-state index in [0.29, 0.717) is 23.5 Å². The molecule has 1 aliphatic heterocycles. The summed E-state index contributed by atoms with van der Waals surface area (Å²) in [6.07, 6.45) is 4.03. The summed E-state index contributed by atoms with van der Waals surface area (Å²) in [6.45, 7) is 6.51. The maximum absolute atomic E-state index is 14.8. The molecule has 0 spiro atoms. The van der Waals surface area contributed by atoms with Gasteiger partial charge in [0, 0.05) is 19.6 Å². The number of carbonyl (C=O) groups is 1. The van der Waals surface area contributed by atoms with Crippen LogP contribution in [0, 0.1) is 25.6 Å². The molecule has 2 aliphatic rings. The highest BCUT2D eigenvalue weighted by atomic mass is 19.1. The van der Waals surface area contributed by atoms with Gasteiger partial charge in [-0.05, 0) is 120 Å². The number of nitrogens with zero attached hydrogens (tertiary/aromatic N) is 1. The van der Waals surface area contributed by atoms with E-state index in [9.17, 15) is 18.7 Å². The van der Waals surface area contributed by atoms with Crippen molar-refractivity contribution in [3.05, 3.63) is 105 Å². The first kappa shape index (κ1) is 26.3. The van der Waals surface area contributed by atoms with Crippen LogP contribution in [0.25, 0.3) is 11.1 Å². The van der Waals surface area contributed by atoms with Crippen molar-refractivity contribution >= 4 is 17.1 Å². The summed E-state index contributed by atoms with van der Waals surface area (Å²) >= 11 is 0. The van der Waals surface area contributed by atoms with Crippen LogP contribution in [-0.4, -0.2) is 42.3 Å². The third-order valence-corrected chi connectivity index (χ3v) is 8.11. The van der Waals surface area contributed by atoms with Crippen molar-refractivity contribution < 1.29 is 18.7 Å². The number of likely N-dealkylation sites (tertiary alicyclic amines) is 1. The van der Waals surface area contributed by atoms with Crippen molar-refractivity contribution in [1.29, 1.82) is 0 Å². The predicted molar refractivity (Wildman–Crippen MR) is 149 cm³/mol. The summed E-state index contributed by atoms with van der Waals surface area (Å²) < 4.78 is 27.2. The van der Waals surface area contributed by atoms with E-state index in [4.69, 9.17) is 0 Å². The van der Waals surface area contributed by atoms with E-state index in [2.05, 4.69) is 29.2 Å². The Morgan fingerprint density at radius 3 is 2.50 bits per heavy atom. The Morgan fingerprint density at radius 1 is 1.03 bits per heavy atom. The molecule has 1 heterocycles. The van der Waals surface area contributed by atoms with Gasteiger partial charge in [0.05, 0.1) is 12.2 Å². The molecule has 3 nitrogen and oxygen atoms in total. The number of allylic oxidation sites excluding steroid dienone is 1. The zero-order valence-electron chi connectivity index (χ0n) is 22.2. The van der Waals surface area contributed by atoms with Crippen LogP contribution in [0.15, 0.2) is 54.6 Å². The van der Waals surface area contributed by atoms with Crippen molar-refractivity contribution in [3.63, 3.8) is 0 Å². The Kier molecular flexibility index (Phi) is 7.75. The number of aromatic carboxylic acids is 1. The summed E-state index contributed by atoms with van der Waals surface area (Å²) in [5.74, 6) is -0.538. The van der Waals surface area contributed by atoms with E-state index in [1.54, 1.807) is 12.1 Å². The third-order valence-electron chi connectivity index (χ3n) is 8.11. The quantitative estimate of drug-likeness (QED) is 0.343. The van der Waals surface area contributed by atoms with Crippen LogP contribution in [0.4, 0.5) is 8.78 Å². The van der Waals surface area contributed by atoms with Crippen LogP contribution < -0.4 is 0 Å². The number of halogens is 2. The summed E-state index contributed by atoms with van der Waals surface area (Å²) in [6, 6.07) is 17.5. The van der Waals surface area contributed by atoms with Crippen molar-refractivity contribution in [1.82, 2.24) is 4.90 Å². The molecule has 3 aromatic carbocycles. The topological polar surface area (TPSA) is 40.5 Å². The molecule has 5 heteroatoms. The SMILES string of the molecule is Cc1ccc(F)c(C)c1C1=C(c2ccc(CC3CN(CCCF)C3)cc2)c2ccc(C(=O)O)cc2CCC1. The molecule has 0 aromatic heterocycles. The Balaban J connectivity index is 1.55. The highest BCUT2D eigenvalue weighted by Crippen LogP contribution is 2.42. The van der Waals surface area contributed by atoms with E-state index in [1.807, 2.05) is 26.0 Å². The highest BCUT2D eigenvalue weighted by molar-refractivity contribution is 6.01. The molecular formula is C33H35F2NO2. The van der Waals surface area contributed by atoms with Gasteiger partial charge in [-0.2, -0.15) is 0 Å². The fourth-order valence-electron chi connectivity index (χ4n) is 6.20. The molecule has 0 amide bonds. The van der Waals surface area contributed by atoms with Crippen molar-refractivity contribution in [2.75, 3.05) is 26.3 Å². The molecule has 1 saturated heterocycles. The first-order valence-corrected chi connectivity index (χ1v) is 13.6. The van der Waals surface area contributed by atoms with E-state index in [-0.39, 0.29) is 12.5 Å². The maximum atomic E-state index is 14.8. The summed E-state index contributed by atoms with van der Waals surface area (Å²) in [7, 11) is 0. The van der Waals surface area contributed by atoms with Gasteiger partial charge in [0.1, 0.15) is 5.82 Å². The number of fused-ring (bicyclic) bond motifs is 1. The van der Waals surface area contributed by atoms with Crippen LogP contribution in [0.3, 0.4) is 0 Å². The molecular weight excluding hydrogens is 480 g/mol. The lowest BCUT2D eigenvalue weighted by Crippen LogP contribution is -2.47. The first-order chi connectivity index (χ1) is 18.4. The Morgan fingerprint density at radius 2 is 1.79 bits per heavy atom. The van der Waals surface area contributed by atoms with E-state index in [1.165, 1.54) is 11.6 Å². The molecule has 0 radical (unpaired) electrons. The van der Waals surface area contributed by atoms with Gasteiger partial charge in [0.2, 0.25) is 0 Å². The molecule has 5 rings (SSSR count). The van der Waals surface area contributed by atoms with Gasteiger partial charge in [-0.25, -0.2) is 9.18 Å². The normalized spacial score (nSPS) is 16.2. The number of carboxylic acids is 1. The standard InChI is InChI=1S/C33H35F2NO2/c1-21-7-14-30(35)22(2)31(21)29-6-3-5-26-18-27(33(37)38)12-13-28(26)32(29)25-10-8-23(9-11-25)17-24-19-36(20-24)16-4-15-34/h7-14,18,24H,3-6,15-17,19-20H2,1-2H3,(H,37,38). The van der Waals surface area contributed by atoms with Gasteiger partial charge >= 0.3 is 5.97 Å². The summed E-state index contributed by atoms with van der Waals surface area (Å²) in [5, 5.41) is 9.59. The zero-order chi connectivity index (χ0) is 26.8. The predicted octanol–water partition coefficient (Wildman–Crippen LogP) is 7.27. The van der Waals surface area contributed by atoms with Crippen LogP contribution in [0.5, 0.6) is 0 Å². The number of hydrogen-bond acceptors (Lipinski definition) is 2. The van der Waals surface area contributed by atoms with Gasteiger partial charge in [0.25, 0.3) is 0 Å². The van der Waals surface area contributed by atoms with E-state index >= 15 is 0 Å². The molecule has 1 fully saturated rings. The minimum absolute atomic E-state index is 0.209. The Hall–Kier alpha value is -3.31. The number of carboxylic acid groups (broad SMARTS) is 1. The minimum atomic E-state index is -0.928. The molecule has 3 aromatic rings. The van der Waals surface area contributed by atoms with Gasteiger partial charge in [-0.3, -0.25) is 4.39 Å². The lowest BCUT2D eigenvalue weighted by atomic mass is 9.84. The molecule has 0 bridgehead atoms. The second-order valence-corrected chi connectivity index (χ2v) is 10.8. The lowest BCUT2D eigenvalue weighted by Gasteiger charge is -2.39. The van der Waals surface area contributed by atoms with Crippen molar-refractivity contribution in [2.24, 2.45) is 5.92 Å². The summed E-state index contributed by atoms with van der Waals surface area (Å²) in [5.41, 5.74) is 9.53. The zero-order valence-corrected chi connectivity index (χ0v) is 22.2. The molecule has 0 saturated carbocycles. The molecule has 1 N–H and O–H groups in total. The largest absolute Gasteiger partial charge is 0.478 e. The third kappa shape index (κ3) is 5.30. The van der Waals surface area contributed by atoms with Crippen LogP contribution in [0.2, 0.25) is 0 Å². The molecule has 0 unspecified atom stereocenters. The molecule has 0 atom stereocenters. The summed E-state index contributed by atoms with van der Waals surface area (Å²) in [4.78, 5) is 14.0. The number of benzene rings is 3. The molecule has 198 valence electrons. The first-order valence-electron chi connectivity index (χ1n) is 13.6. The Bertz CT molecular complexity index is 1370. The number of hydrogen-bond donors (Lipinski definition) is 1. The molecule has 38 heavy (non-hydrogen) atoms.